The highest BCUT2D eigenvalue weighted by molar-refractivity contribution is 5.70. The van der Waals surface area contributed by atoms with Crippen molar-refractivity contribution in [2.24, 2.45) is 58.2 Å². The largest absolute Gasteiger partial charge is 0.481 e. The van der Waals surface area contributed by atoms with Crippen molar-refractivity contribution in [3.63, 3.8) is 0 Å². The Morgan fingerprint density at radius 1 is 0.830 bits per heavy atom. The van der Waals surface area contributed by atoms with Crippen molar-refractivity contribution in [2.45, 2.75) is 183 Å². The SMILES string of the molecule is CCCCCC=CCC=CCCCCCCC(C(=O)O)C1CC[C@@]2(C)C(=CCC3C2CC[C@@]2(C)C3CC[C@@H]2[C@H](C)CCCC(C)C)C1. The molecular formula is C45H76O2. The van der Waals surface area contributed by atoms with Gasteiger partial charge >= 0.3 is 5.97 Å². The summed E-state index contributed by atoms with van der Waals surface area (Å²) in [7, 11) is 0. The summed E-state index contributed by atoms with van der Waals surface area (Å²) in [5, 5.41) is 10.3. The number of aliphatic carboxylic acids is 1. The van der Waals surface area contributed by atoms with E-state index in [-0.39, 0.29) is 5.92 Å². The number of rotatable bonds is 20. The zero-order valence-corrected chi connectivity index (χ0v) is 31.9. The summed E-state index contributed by atoms with van der Waals surface area (Å²) < 4.78 is 0. The first kappa shape index (κ1) is 38.5. The van der Waals surface area contributed by atoms with E-state index in [0.29, 0.717) is 16.7 Å². The molecule has 0 bridgehead atoms. The molecule has 0 aromatic carbocycles. The highest BCUT2D eigenvalue weighted by Crippen LogP contribution is 2.67. The van der Waals surface area contributed by atoms with Gasteiger partial charge in [-0.3, -0.25) is 4.79 Å². The third-order valence-corrected chi connectivity index (χ3v) is 14.4. The number of unbranched alkanes of at least 4 members (excludes halogenated alkanes) is 7. The van der Waals surface area contributed by atoms with Crippen LogP contribution in [0.1, 0.15) is 183 Å². The number of carboxylic acids is 1. The smallest absolute Gasteiger partial charge is 0.306 e. The lowest BCUT2D eigenvalue weighted by molar-refractivity contribution is -0.144. The van der Waals surface area contributed by atoms with E-state index in [2.05, 4.69) is 71.9 Å². The Balaban J connectivity index is 1.23. The fraction of sp³-hybridized carbons (Fsp3) is 0.844. The molecule has 5 unspecified atom stereocenters. The minimum atomic E-state index is -0.536. The van der Waals surface area contributed by atoms with Crippen molar-refractivity contribution in [1.82, 2.24) is 0 Å². The zero-order valence-electron chi connectivity index (χ0n) is 31.9. The third-order valence-electron chi connectivity index (χ3n) is 14.4. The predicted octanol–water partition coefficient (Wildman–Crippen LogP) is 13.8. The normalized spacial score (nSPS) is 33.5. The number of hydrogen-bond donors (Lipinski definition) is 1. The van der Waals surface area contributed by atoms with Gasteiger partial charge in [0.15, 0.2) is 0 Å². The molecule has 0 aromatic rings. The van der Waals surface area contributed by atoms with Crippen LogP contribution >= 0.6 is 0 Å². The van der Waals surface area contributed by atoms with Gasteiger partial charge in [0.05, 0.1) is 5.92 Å². The molecule has 0 radical (unpaired) electrons. The van der Waals surface area contributed by atoms with Gasteiger partial charge < -0.3 is 5.11 Å². The average Bonchev–Trinajstić information content (AvgIpc) is 3.39. The highest BCUT2D eigenvalue weighted by Gasteiger charge is 2.59. The number of allylic oxidation sites excluding steroid dienone is 6. The van der Waals surface area contributed by atoms with Crippen LogP contribution in [-0.4, -0.2) is 11.1 Å². The van der Waals surface area contributed by atoms with Crippen molar-refractivity contribution in [2.75, 3.05) is 0 Å². The minimum absolute atomic E-state index is 0.162. The maximum Gasteiger partial charge on any atom is 0.306 e. The average molecular weight is 649 g/mol. The van der Waals surface area contributed by atoms with E-state index >= 15 is 0 Å². The summed E-state index contributed by atoms with van der Waals surface area (Å²) in [5.41, 5.74) is 2.50. The van der Waals surface area contributed by atoms with E-state index in [1.54, 1.807) is 5.57 Å². The fourth-order valence-corrected chi connectivity index (χ4v) is 11.6. The number of fused-ring (bicyclic) bond motifs is 5. The predicted molar refractivity (Wildman–Crippen MR) is 202 cm³/mol. The maximum atomic E-state index is 12.5. The van der Waals surface area contributed by atoms with E-state index < -0.39 is 5.97 Å². The molecule has 1 N–H and O–H groups in total. The summed E-state index contributed by atoms with van der Waals surface area (Å²) in [6.07, 6.45) is 39.4. The van der Waals surface area contributed by atoms with Gasteiger partial charge in [-0.05, 0) is 142 Å². The standard InChI is InChI=1S/C45H76O2/c1-7-8-9-10-11-12-13-14-15-16-17-18-19-20-24-38(43(46)47)36-29-31-44(5)37(33-36)25-26-39-41-28-27-40(35(4)23-21-22-34(2)3)45(41,6)32-30-42(39)44/h11-12,14-15,25,34-36,38-42H,7-10,13,16-24,26-33H2,1-6H3,(H,46,47)/t35-,36?,38?,39?,40-,41?,42?,44+,45-/m1/s1. The summed E-state index contributed by atoms with van der Waals surface area (Å²) in [6.45, 7) is 14.9. The molecule has 0 spiro atoms. The van der Waals surface area contributed by atoms with Crippen LogP contribution in [0.15, 0.2) is 36.0 Å². The molecule has 4 aliphatic rings. The first-order valence-electron chi connectivity index (χ1n) is 20.8. The van der Waals surface area contributed by atoms with Crippen LogP contribution in [0.3, 0.4) is 0 Å². The lowest BCUT2D eigenvalue weighted by Crippen LogP contribution is -2.51. The summed E-state index contributed by atoms with van der Waals surface area (Å²) in [4.78, 5) is 12.5. The van der Waals surface area contributed by atoms with Gasteiger partial charge in [-0.1, -0.05) is 129 Å². The van der Waals surface area contributed by atoms with E-state index in [1.807, 2.05) is 0 Å². The zero-order chi connectivity index (χ0) is 33.9. The van der Waals surface area contributed by atoms with E-state index in [0.717, 1.165) is 74.0 Å². The van der Waals surface area contributed by atoms with Gasteiger partial charge in [0.2, 0.25) is 0 Å². The monoisotopic (exact) mass is 649 g/mol. The Bertz CT molecular complexity index is 1030. The minimum Gasteiger partial charge on any atom is -0.481 e. The molecule has 0 aromatic heterocycles. The maximum absolute atomic E-state index is 12.5. The topological polar surface area (TPSA) is 37.3 Å². The van der Waals surface area contributed by atoms with Crippen LogP contribution in [0.5, 0.6) is 0 Å². The molecule has 0 heterocycles. The molecule has 2 heteroatoms. The van der Waals surface area contributed by atoms with Gasteiger partial charge in [-0.15, -0.1) is 0 Å². The van der Waals surface area contributed by atoms with Gasteiger partial charge in [0.25, 0.3) is 0 Å². The quantitative estimate of drug-likeness (QED) is 0.105. The molecule has 0 saturated heterocycles. The van der Waals surface area contributed by atoms with Crippen molar-refractivity contribution >= 4 is 5.97 Å². The Labute approximate surface area is 292 Å². The summed E-state index contributed by atoms with van der Waals surface area (Å²) in [5.74, 6) is 4.80. The van der Waals surface area contributed by atoms with Crippen molar-refractivity contribution in [1.29, 1.82) is 0 Å². The molecule has 47 heavy (non-hydrogen) atoms. The lowest BCUT2D eigenvalue weighted by Gasteiger charge is -2.59. The Morgan fingerprint density at radius 3 is 2.26 bits per heavy atom. The molecule has 0 amide bonds. The molecule has 268 valence electrons. The molecule has 2 nitrogen and oxygen atoms in total. The summed E-state index contributed by atoms with van der Waals surface area (Å²) in [6, 6.07) is 0. The second-order valence-electron chi connectivity index (χ2n) is 17.9. The van der Waals surface area contributed by atoms with Gasteiger partial charge in [0, 0.05) is 0 Å². The van der Waals surface area contributed by atoms with Crippen LogP contribution in [0.4, 0.5) is 0 Å². The van der Waals surface area contributed by atoms with Crippen LogP contribution in [-0.2, 0) is 4.79 Å². The number of carboxylic acid groups (broad SMARTS) is 1. The molecule has 4 rings (SSSR count). The van der Waals surface area contributed by atoms with E-state index in [4.69, 9.17) is 0 Å². The molecule has 9 atom stereocenters. The fourth-order valence-electron chi connectivity index (χ4n) is 11.6. The van der Waals surface area contributed by atoms with Crippen molar-refractivity contribution in [3.05, 3.63) is 36.0 Å². The van der Waals surface area contributed by atoms with Crippen LogP contribution in [0, 0.1) is 58.2 Å². The van der Waals surface area contributed by atoms with Gasteiger partial charge in [-0.25, -0.2) is 0 Å². The Kier molecular flexibility index (Phi) is 15.2. The first-order chi connectivity index (χ1) is 22.6. The number of hydrogen-bond acceptors (Lipinski definition) is 1. The molecule has 4 aliphatic carbocycles. The van der Waals surface area contributed by atoms with Gasteiger partial charge in [0.1, 0.15) is 0 Å². The Hall–Kier alpha value is -1.31. The first-order valence-corrected chi connectivity index (χ1v) is 20.8. The second kappa shape index (κ2) is 18.6. The highest BCUT2D eigenvalue weighted by atomic mass is 16.4. The van der Waals surface area contributed by atoms with Crippen LogP contribution < -0.4 is 0 Å². The van der Waals surface area contributed by atoms with E-state index in [9.17, 15) is 9.90 Å². The van der Waals surface area contributed by atoms with Crippen molar-refractivity contribution in [3.8, 4) is 0 Å². The summed E-state index contributed by atoms with van der Waals surface area (Å²) >= 11 is 0. The van der Waals surface area contributed by atoms with Gasteiger partial charge in [-0.2, -0.15) is 0 Å². The van der Waals surface area contributed by atoms with Crippen molar-refractivity contribution < 1.29 is 9.90 Å². The molecular weight excluding hydrogens is 572 g/mol. The van der Waals surface area contributed by atoms with Crippen LogP contribution in [0.2, 0.25) is 0 Å². The Morgan fingerprint density at radius 2 is 1.55 bits per heavy atom. The molecule has 3 saturated carbocycles. The third kappa shape index (κ3) is 9.90. The molecule has 3 fully saturated rings. The molecule has 0 aliphatic heterocycles. The lowest BCUT2D eigenvalue weighted by atomic mass is 9.46. The second-order valence-corrected chi connectivity index (χ2v) is 17.9. The number of carbonyl (C=O) groups is 1. The van der Waals surface area contributed by atoms with Crippen LogP contribution in [0.25, 0.3) is 0 Å². The van der Waals surface area contributed by atoms with E-state index in [1.165, 1.54) is 103 Å².